The van der Waals surface area contributed by atoms with Gasteiger partial charge in [0.2, 0.25) is 0 Å². The third-order valence-electron chi connectivity index (χ3n) is 3.35. The largest absolute Gasteiger partial charge is 0.396 e. The van der Waals surface area contributed by atoms with Crippen LogP contribution in [0.4, 0.5) is 0 Å². The Labute approximate surface area is 82.5 Å². The average molecular weight is 184 g/mol. The monoisotopic (exact) mass is 184 g/mol. The summed E-state index contributed by atoms with van der Waals surface area (Å²) in [7, 11) is 0. The van der Waals surface area contributed by atoms with E-state index in [0.29, 0.717) is 12.5 Å². The minimum atomic E-state index is 0.407. The molecule has 0 heterocycles. The molecular formula is C12H24O. The van der Waals surface area contributed by atoms with E-state index in [1.165, 1.54) is 51.4 Å². The van der Waals surface area contributed by atoms with E-state index >= 15 is 0 Å². The average Bonchev–Trinajstić information content (AvgIpc) is 2.19. The van der Waals surface area contributed by atoms with E-state index in [1.54, 1.807) is 0 Å². The first-order valence-corrected chi connectivity index (χ1v) is 5.97. The lowest BCUT2D eigenvalue weighted by molar-refractivity contribution is 0.177. The van der Waals surface area contributed by atoms with Crippen LogP contribution in [-0.2, 0) is 0 Å². The van der Waals surface area contributed by atoms with Gasteiger partial charge in [0.05, 0.1) is 0 Å². The van der Waals surface area contributed by atoms with Crippen LogP contribution in [0.2, 0.25) is 0 Å². The Bertz CT molecular complexity index is 114. The molecule has 0 aliphatic heterocycles. The van der Waals surface area contributed by atoms with Crippen molar-refractivity contribution in [2.75, 3.05) is 6.61 Å². The molecule has 78 valence electrons. The van der Waals surface area contributed by atoms with Crippen molar-refractivity contribution in [3.05, 3.63) is 0 Å². The SMILES string of the molecule is CCCC(CO)CC1CCCCC1. The van der Waals surface area contributed by atoms with Crippen molar-refractivity contribution in [3.8, 4) is 0 Å². The molecule has 0 bridgehead atoms. The third kappa shape index (κ3) is 4.12. The number of aliphatic hydroxyl groups excluding tert-OH is 1. The first-order valence-electron chi connectivity index (χ1n) is 5.97. The van der Waals surface area contributed by atoms with Crippen molar-refractivity contribution in [1.29, 1.82) is 0 Å². The summed E-state index contributed by atoms with van der Waals surface area (Å²) in [5.74, 6) is 1.52. The normalized spacial score (nSPS) is 21.7. The van der Waals surface area contributed by atoms with Gasteiger partial charge in [-0.1, -0.05) is 45.4 Å². The highest BCUT2D eigenvalue weighted by molar-refractivity contribution is 4.69. The molecule has 13 heavy (non-hydrogen) atoms. The second kappa shape index (κ2) is 6.42. The smallest absolute Gasteiger partial charge is 0.0459 e. The molecule has 0 saturated heterocycles. The number of hydrogen-bond acceptors (Lipinski definition) is 1. The van der Waals surface area contributed by atoms with Gasteiger partial charge in [0.25, 0.3) is 0 Å². The predicted molar refractivity (Wildman–Crippen MR) is 56.7 cm³/mol. The summed E-state index contributed by atoms with van der Waals surface area (Å²) >= 11 is 0. The van der Waals surface area contributed by atoms with E-state index in [-0.39, 0.29) is 0 Å². The molecule has 1 aliphatic carbocycles. The fourth-order valence-electron chi connectivity index (χ4n) is 2.59. The van der Waals surface area contributed by atoms with Crippen LogP contribution in [0.3, 0.4) is 0 Å². The van der Waals surface area contributed by atoms with Gasteiger partial charge in [-0.05, 0) is 24.7 Å². The van der Waals surface area contributed by atoms with Crippen LogP contribution in [0.1, 0.15) is 58.3 Å². The molecule has 1 fully saturated rings. The Hall–Kier alpha value is -0.0400. The molecule has 0 aromatic heterocycles. The highest BCUT2D eigenvalue weighted by Crippen LogP contribution is 2.30. The van der Waals surface area contributed by atoms with E-state index in [0.717, 1.165) is 5.92 Å². The number of rotatable bonds is 5. The minimum absolute atomic E-state index is 0.407. The summed E-state index contributed by atoms with van der Waals surface area (Å²) in [6.45, 7) is 2.62. The summed E-state index contributed by atoms with van der Waals surface area (Å²) in [5, 5.41) is 9.19. The fraction of sp³-hybridized carbons (Fsp3) is 1.00. The molecule has 1 nitrogen and oxygen atoms in total. The zero-order chi connectivity index (χ0) is 9.52. The van der Waals surface area contributed by atoms with Crippen molar-refractivity contribution in [2.24, 2.45) is 11.8 Å². The van der Waals surface area contributed by atoms with Gasteiger partial charge in [0.1, 0.15) is 0 Å². The summed E-state index contributed by atoms with van der Waals surface area (Å²) < 4.78 is 0. The second-order valence-electron chi connectivity index (χ2n) is 4.58. The Balaban J connectivity index is 2.18. The van der Waals surface area contributed by atoms with E-state index in [9.17, 15) is 5.11 Å². The fourth-order valence-corrected chi connectivity index (χ4v) is 2.59. The molecule has 1 atom stereocenters. The zero-order valence-corrected chi connectivity index (χ0v) is 8.97. The van der Waals surface area contributed by atoms with Crippen LogP contribution in [-0.4, -0.2) is 11.7 Å². The maximum Gasteiger partial charge on any atom is 0.0459 e. The Morgan fingerprint density at radius 3 is 2.46 bits per heavy atom. The van der Waals surface area contributed by atoms with Gasteiger partial charge in [-0.25, -0.2) is 0 Å². The van der Waals surface area contributed by atoms with Crippen LogP contribution in [0.5, 0.6) is 0 Å². The molecule has 1 N–H and O–H groups in total. The van der Waals surface area contributed by atoms with Gasteiger partial charge in [-0.3, -0.25) is 0 Å². The molecule has 1 saturated carbocycles. The minimum Gasteiger partial charge on any atom is -0.396 e. The van der Waals surface area contributed by atoms with E-state index in [1.807, 2.05) is 0 Å². The second-order valence-corrected chi connectivity index (χ2v) is 4.58. The summed E-state index contributed by atoms with van der Waals surface area (Å²) in [6.07, 6.45) is 10.8. The molecule has 0 aromatic rings. The molecule has 0 spiro atoms. The van der Waals surface area contributed by atoms with Crippen molar-refractivity contribution in [1.82, 2.24) is 0 Å². The first kappa shape index (κ1) is 11.0. The molecule has 1 unspecified atom stereocenters. The van der Waals surface area contributed by atoms with Gasteiger partial charge in [-0.15, -0.1) is 0 Å². The molecule has 0 amide bonds. The lowest BCUT2D eigenvalue weighted by Gasteiger charge is -2.25. The van der Waals surface area contributed by atoms with Crippen molar-refractivity contribution in [3.63, 3.8) is 0 Å². The predicted octanol–water partition coefficient (Wildman–Crippen LogP) is 3.37. The van der Waals surface area contributed by atoms with Gasteiger partial charge < -0.3 is 5.11 Å². The lowest BCUT2D eigenvalue weighted by Crippen LogP contribution is -2.14. The van der Waals surface area contributed by atoms with Gasteiger partial charge in [0, 0.05) is 6.61 Å². The number of hydrogen-bond donors (Lipinski definition) is 1. The lowest BCUT2D eigenvalue weighted by atomic mass is 9.82. The van der Waals surface area contributed by atoms with Crippen LogP contribution in [0.15, 0.2) is 0 Å². The maximum absolute atomic E-state index is 9.19. The van der Waals surface area contributed by atoms with Crippen LogP contribution in [0.25, 0.3) is 0 Å². The van der Waals surface area contributed by atoms with Gasteiger partial charge in [-0.2, -0.15) is 0 Å². The highest BCUT2D eigenvalue weighted by atomic mass is 16.3. The molecule has 1 heteroatoms. The van der Waals surface area contributed by atoms with E-state index in [4.69, 9.17) is 0 Å². The Morgan fingerprint density at radius 2 is 1.92 bits per heavy atom. The highest BCUT2D eigenvalue weighted by Gasteiger charge is 2.17. The topological polar surface area (TPSA) is 20.2 Å². The van der Waals surface area contributed by atoms with E-state index in [2.05, 4.69) is 6.92 Å². The summed E-state index contributed by atoms with van der Waals surface area (Å²) in [4.78, 5) is 0. The standard InChI is InChI=1S/C12H24O/c1-2-6-12(10-13)9-11-7-4-3-5-8-11/h11-13H,2-10H2,1H3. The maximum atomic E-state index is 9.19. The van der Waals surface area contributed by atoms with E-state index < -0.39 is 0 Å². The molecular weight excluding hydrogens is 160 g/mol. The third-order valence-corrected chi connectivity index (χ3v) is 3.35. The van der Waals surface area contributed by atoms with Crippen LogP contribution < -0.4 is 0 Å². The first-order chi connectivity index (χ1) is 6.36. The summed E-state index contributed by atoms with van der Waals surface area (Å²) in [5.41, 5.74) is 0. The molecule has 1 rings (SSSR count). The van der Waals surface area contributed by atoms with Crippen molar-refractivity contribution < 1.29 is 5.11 Å². The van der Waals surface area contributed by atoms with Gasteiger partial charge >= 0.3 is 0 Å². The summed E-state index contributed by atoms with van der Waals surface area (Å²) in [6, 6.07) is 0. The quantitative estimate of drug-likeness (QED) is 0.694. The zero-order valence-electron chi connectivity index (χ0n) is 8.97. The molecule has 1 aliphatic rings. The molecule has 0 aromatic carbocycles. The van der Waals surface area contributed by atoms with Crippen molar-refractivity contribution in [2.45, 2.75) is 58.3 Å². The molecule has 0 radical (unpaired) electrons. The van der Waals surface area contributed by atoms with Gasteiger partial charge in [0.15, 0.2) is 0 Å². The Morgan fingerprint density at radius 1 is 1.23 bits per heavy atom. The van der Waals surface area contributed by atoms with Crippen LogP contribution in [0, 0.1) is 11.8 Å². The van der Waals surface area contributed by atoms with Crippen LogP contribution >= 0.6 is 0 Å². The van der Waals surface area contributed by atoms with Crippen molar-refractivity contribution >= 4 is 0 Å². The Kier molecular flexibility index (Phi) is 5.45. The number of aliphatic hydroxyl groups is 1.